The highest BCUT2D eigenvalue weighted by Gasteiger charge is 2.07. The first-order chi connectivity index (χ1) is 11.1. The van der Waals surface area contributed by atoms with Crippen molar-refractivity contribution in [2.75, 3.05) is 5.32 Å². The summed E-state index contributed by atoms with van der Waals surface area (Å²) in [4.78, 5) is 0. The van der Waals surface area contributed by atoms with Crippen LogP contribution in [0.15, 0.2) is 86.0 Å². The Hall–Kier alpha value is -2.80. The molecule has 116 valence electrons. The van der Waals surface area contributed by atoms with E-state index in [0.717, 1.165) is 28.1 Å². The highest BCUT2D eigenvalue weighted by Crippen LogP contribution is 2.26. The Morgan fingerprint density at radius 2 is 1.57 bits per heavy atom. The van der Waals surface area contributed by atoms with E-state index in [2.05, 4.69) is 61.8 Å². The summed E-state index contributed by atoms with van der Waals surface area (Å²) in [5.74, 6) is 0. The van der Waals surface area contributed by atoms with Gasteiger partial charge in [-0.25, -0.2) is 0 Å². The topological polar surface area (TPSA) is 12.0 Å². The molecule has 2 aromatic rings. The van der Waals surface area contributed by atoms with Crippen molar-refractivity contribution in [2.45, 2.75) is 13.8 Å². The van der Waals surface area contributed by atoms with Gasteiger partial charge in [-0.2, -0.15) is 0 Å². The van der Waals surface area contributed by atoms with Gasteiger partial charge in [0, 0.05) is 16.9 Å². The molecule has 0 radical (unpaired) electrons. The van der Waals surface area contributed by atoms with Gasteiger partial charge < -0.3 is 5.32 Å². The fourth-order valence-electron chi connectivity index (χ4n) is 2.28. The molecular weight excluding hydrogens is 278 g/mol. The predicted molar refractivity (Wildman–Crippen MR) is 103 cm³/mol. The average molecular weight is 301 g/mol. The van der Waals surface area contributed by atoms with Crippen molar-refractivity contribution >= 4 is 17.0 Å². The Labute approximate surface area is 139 Å². The largest absolute Gasteiger partial charge is 0.356 e. The molecule has 0 saturated carbocycles. The van der Waals surface area contributed by atoms with E-state index in [1.807, 2.05) is 43.4 Å². The van der Waals surface area contributed by atoms with Gasteiger partial charge in [-0.1, -0.05) is 79.4 Å². The summed E-state index contributed by atoms with van der Waals surface area (Å²) in [7, 11) is 0. The lowest BCUT2D eigenvalue weighted by Gasteiger charge is -2.14. The lowest BCUT2D eigenvalue weighted by molar-refractivity contribution is 1.45. The van der Waals surface area contributed by atoms with E-state index < -0.39 is 0 Å². The lowest BCUT2D eigenvalue weighted by Crippen LogP contribution is -2.00. The van der Waals surface area contributed by atoms with Crippen molar-refractivity contribution in [3.05, 3.63) is 103 Å². The Morgan fingerprint density at radius 1 is 0.913 bits per heavy atom. The molecule has 0 aliphatic carbocycles. The Balaban J connectivity index is 2.23. The molecule has 0 amide bonds. The first-order valence-corrected chi connectivity index (χ1v) is 7.72. The van der Waals surface area contributed by atoms with Gasteiger partial charge in [-0.15, -0.1) is 0 Å². The zero-order chi connectivity index (χ0) is 16.7. The van der Waals surface area contributed by atoms with Crippen LogP contribution in [0.2, 0.25) is 0 Å². The molecule has 1 nitrogen and oxygen atoms in total. The van der Waals surface area contributed by atoms with Gasteiger partial charge in [-0.3, -0.25) is 0 Å². The molecule has 0 aliphatic rings. The zero-order valence-corrected chi connectivity index (χ0v) is 13.8. The molecule has 0 bridgehead atoms. The summed E-state index contributed by atoms with van der Waals surface area (Å²) < 4.78 is 0. The third-order valence-electron chi connectivity index (χ3n) is 3.55. The van der Waals surface area contributed by atoms with Crippen LogP contribution in [0, 0.1) is 6.92 Å². The minimum atomic E-state index is 0.866. The van der Waals surface area contributed by atoms with Crippen molar-refractivity contribution in [1.82, 2.24) is 0 Å². The molecule has 23 heavy (non-hydrogen) atoms. The smallest absolute Gasteiger partial charge is 0.0391 e. The first-order valence-electron chi connectivity index (χ1n) is 7.72. The first kappa shape index (κ1) is 16.6. The van der Waals surface area contributed by atoms with E-state index in [0.29, 0.717) is 0 Å². The van der Waals surface area contributed by atoms with Crippen molar-refractivity contribution in [1.29, 1.82) is 0 Å². The number of hydrogen-bond acceptors (Lipinski definition) is 1. The van der Waals surface area contributed by atoms with Gasteiger partial charge in [0.15, 0.2) is 0 Å². The quantitative estimate of drug-likeness (QED) is 0.624. The van der Waals surface area contributed by atoms with Crippen LogP contribution in [0.25, 0.3) is 11.3 Å². The molecule has 0 saturated heterocycles. The van der Waals surface area contributed by atoms with Crippen LogP contribution < -0.4 is 5.32 Å². The molecule has 2 rings (SSSR count). The maximum Gasteiger partial charge on any atom is 0.0391 e. The molecule has 0 heterocycles. The van der Waals surface area contributed by atoms with Crippen molar-refractivity contribution < 1.29 is 0 Å². The number of nitrogens with one attached hydrogen (secondary N) is 1. The van der Waals surface area contributed by atoms with Crippen LogP contribution in [0.1, 0.15) is 23.6 Å². The van der Waals surface area contributed by atoms with Crippen LogP contribution in [0.4, 0.5) is 5.69 Å². The second kappa shape index (κ2) is 8.00. The predicted octanol–water partition coefficient (Wildman–Crippen LogP) is 6.22. The van der Waals surface area contributed by atoms with E-state index in [9.17, 15) is 0 Å². The van der Waals surface area contributed by atoms with Crippen LogP contribution in [0.5, 0.6) is 0 Å². The van der Waals surface area contributed by atoms with Gasteiger partial charge in [0.2, 0.25) is 0 Å². The molecule has 0 aromatic heterocycles. The van der Waals surface area contributed by atoms with Crippen LogP contribution in [-0.2, 0) is 0 Å². The molecule has 0 fully saturated rings. The van der Waals surface area contributed by atoms with Gasteiger partial charge in [-0.05, 0) is 37.1 Å². The fourth-order valence-corrected chi connectivity index (χ4v) is 2.28. The third-order valence-corrected chi connectivity index (χ3v) is 3.55. The molecular formula is C22H23N. The third kappa shape index (κ3) is 4.58. The zero-order valence-electron chi connectivity index (χ0n) is 13.8. The molecule has 0 aliphatic heterocycles. The van der Waals surface area contributed by atoms with E-state index in [-0.39, 0.29) is 0 Å². The van der Waals surface area contributed by atoms with Gasteiger partial charge >= 0.3 is 0 Å². The van der Waals surface area contributed by atoms with Gasteiger partial charge in [0.25, 0.3) is 0 Å². The number of rotatable bonds is 6. The maximum absolute atomic E-state index is 4.19. The molecule has 0 unspecified atom stereocenters. The Bertz CT molecular complexity index is 746. The summed E-state index contributed by atoms with van der Waals surface area (Å²) in [6, 6.07) is 16.5. The maximum atomic E-state index is 4.19. The standard InChI is InChI=1S/C22H23N/c1-5-6-7-10-18(3)21-11-8-9-12-22(21)19(4)23-20-15-13-17(2)14-16-20/h5-16,23H,3-4H2,1-2H3/b6-5-,10-7-. The summed E-state index contributed by atoms with van der Waals surface area (Å²) in [6.07, 6.45) is 7.99. The number of anilines is 1. The molecule has 0 atom stereocenters. The number of benzene rings is 2. The van der Waals surface area contributed by atoms with Crippen molar-refractivity contribution in [3.63, 3.8) is 0 Å². The lowest BCUT2D eigenvalue weighted by atomic mass is 9.98. The summed E-state index contributed by atoms with van der Waals surface area (Å²) in [5.41, 5.74) is 6.24. The van der Waals surface area contributed by atoms with E-state index in [1.165, 1.54) is 5.56 Å². The van der Waals surface area contributed by atoms with Crippen LogP contribution in [0.3, 0.4) is 0 Å². The van der Waals surface area contributed by atoms with Crippen molar-refractivity contribution in [3.8, 4) is 0 Å². The SMILES string of the molecule is C=C(/C=C\C=C/C)c1ccccc1C(=C)Nc1ccc(C)cc1. The normalized spacial score (nSPS) is 11.0. The summed E-state index contributed by atoms with van der Waals surface area (Å²) in [5, 5.41) is 3.37. The highest BCUT2D eigenvalue weighted by molar-refractivity contribution is 5.86. The number of aryl methyl sites for hydroxylation is 1. The molecule has 2 aromatic carbocycles. The Morgan fingerprint density at radius 3 is 2.22 bits per heavy atom. The highest BCUT2D eigenvalue weighted by atomic mass is 14.9. The van der Waals surface area contributed by atoms with Crippen LogP contribution in [-0.4, -0.2) is 0 Å². The molecule has 1 heteroatoms. The van der Waals surface area contributed by atoms with E-state index >= 15 is 0 Å². The minimum Gasteiger partial charge on any atom is -0.356 e. The summed E-state index contributed by atoms with van der Waals surface area (Å²) in [6.45, 7) is 12.4. The molecule has 0 spiro atoms. The Kier molecular flexibility index (Phi) is 5.76. The van der Waals surface area contributed by atoms with E-state index in [1.54, 1.807) is 0 Å². The van der Waals surface area contributed by atoms with E-state index in [4.69, 9.17) is 0 Å². The average Bonchev–Trinajstić information content (AvgIpc) is 2.57. The van der Waals surface area contributed by atoms with Crippen molar-refractivity contribution in [2.24, 2.45) is 0 Å². The monoisotopic (exact) mass is 301 g/mol. The van der Waals surface area contributed by atoms with Gasteiger partial charge in [0.1, 0.15) is 0 Å². The van der Waals surface area contributed by atoms with Crippen LogP contribution >= 0.6 is 0 Å². The second-order valence-corrected chi connectivity index (χ2v) is 5.43. The molecule has 1 N–H and O–H groups in total. The summed E-state index contributed by atoms with van der Waals surface area (Å²) >= 11 is 0. The minimum absolute atomic E-state index is 0.866. The second-order valence-electron chi connectivity index (χ2n) is 5.43. The number of hydrogen-bond donors (Lipinski definition) is 1. The van der Waals surface area contributed by atoms with Gasteiger partial charge in [0.05, 0.1) is 0 Å². The fraction of sp³-hybridized carbons (Fsp3) is 0.0909. The number of allylic oxidation sites excluding steroid dienone is 5.